The Labute approximate surface area is 125 Å². The van der Waals surface area contributed by atoms with E-state index < -0.39 is 0 Å². The summed E-state index contributed by atoms with van der Waals surface area (Å²) in [6, 6.07) is 6.95. The fourth-order valence-electron chi connectivity index (χ4n) is 2.79. The summed E-state index contributed by atoms with van der Waals surface area (Å²) < 4.78 is 14.4. The zero-order chi connectivity index (χ0) is 14.8. The van der Waals surface area contributed by atoms with Gasteiger partial charge in [-0.05, 0) is 52.1 Å². The van der Waals surface area contributed by atoms with Crippen molar-refractivity contribution < 1.29 is 9.31 Å². The standard InChI is InChI=1S/C16H21BN2O2/c1-15(2)16(3,4)21-17(20-15)12-6-5-11-10-18-19(13-7-8-13)14(11)9-12/h5-6,9-10,13H,7-8H2,1-4H3. The first-order chi connectivity index (χ1) is 9.87. The Balaban J connectivity index is 1.73. The molecule has 4 nitrogen and oxygen atoms in total. The van der Waals surface area contributed by atoms with Crippen molar-refractivity contribution in [3.8, 4) is 0 Å². The smallest absolute Gasteiger partial charge is 0.399 e. The molecule has 0 spiro atoms. The van der Waals surface area contributed by atoms with Gasteiger partial charge in [-0.1, -0.05) is 12.1 Å². The molecule has 0 radical (unpaired) electrons. The Kier molecular flexibility index (Phi) is 2.61. The zero-order valence-electron chi connectivity index (χ0n) is 13.1. The molecule has 2 heterocycles. The third kappa shape index (κ3) is 2.02. The molecule has 0 atom stereocenters. The number of rotatable bonds is 2. The number of fused-ring (bicyclic) bond motifs is 1. The number of nitrogens with zero attached hydrogens (tertiary/aromatic N) is 2. The monoisotopic (exact) mass is 284 g/mol. The molecule has 1 aliphatic carbocycles. The van der Waals surface area contributed by atoms with Crippen molar-refractivity contribution in [2.24, 2.45) is 0 Å². The van der Waals surface area contributed by atoms with E-state index in [1.54, 1.807) is 0 Å². The Hall–Kier alpha value is -1.33. The molecule has 2 fully saturated rings. The molecule has 110 valence electrons. The van der Waals surface area contributed by atoms with Gasteiger partial charge in [0.15, 0.2) is 0 Å². The first kappa shape index (κ1) is 13.3. The Bertz CT molecular complexity index is 687. The van der Waals surface area contributed by atoms with Crippen LogP contribution in [0.3, 0.4) is 0 Å². The SMILES string of the molecule is CC1(C)OB(c2ccc3cnn(C4CC4)c3c2)OC1(C)C. The number of aromatic nitrogens is 2. The normalized spacial score (nSPS) is 23.9. The zero-order valence-corrected chi connectivity index (χ0v) is 13.1. The van der Waals surface area contributed by atoms with Gasteiger partial charge in [0, 0.05) is 5.39 Å². The van der Waals surface area contributed by atoms with E-state index in [4.69, 9.17) is 9.31 Å². The van der Waals surface area contributed by atoms with E-state index in [1.165, 1.54) is 23.7 Å². The summed E-state index contributed by atoms with van der Waals surface area (Å²) in [6.45, 7) is 8.33. The van der Waals surface area contributed by atoms with E-state index in [1.807, 2.05) is 6.20 Å². The largest absolute Gasteiger partial charge is 0.494 e. The van der Waals surface area contributed by atoms with Gasteiger partial charge in [0.2, 0.25) is 0 Å². The van der Waals surface area contributed by atoms with Gasteiger partial charge in [0.25, 0.3) is 0 Å². The lowest BCUT2D eigenvalue weighted by Gasteiger charge is -2.32. The summed E-state index contributed by atoms with van der Waals surface area (Å²) in [5.74, 6) is 0. The van der Waals surface area contributed by atoms with Gasteiger partial charge in [-0.3, -0.25) is 4.68 Å². The molecule has 1 saturated heterocycles. The van der Waals surface area contributed by atoms with Gasteiger partial charge in [-0.25, -0.2) is 0 Å². The van der Waals surface area contributed by atoms with Crippen molar-refractivity contribution in [2.75, 3.05) is 0 Å². The quantitative estimate of drug-likeness (QED) is 0.795. The number of hydrogen-bond donors (Lipinski definition) is 0. The van der Waals surface area contributed by atoms with Crippen molar-refractivity contribution in [3.63, 3.8) is 0 Å². The predicted octanol–water partition coefficient (Wildman–Crippen LogP) is 2.67. The third-order valence-corrected chi connectivity index (χ3v) is 5.04. The maximum Gasteiger partial charge on any atom is 0.494 e. The van der Waals surface area contributed by atoms with E-state index in [9.17, 15) is 0 Å². The van der Waals surface area contributed by atoms with E-state index in [-0.39, 0.29) is 18.3 Å². The summed E-state index contributed by atoms with van der Waals surface area (Å²) in [7, 11) is -0.304. The lowest BCUT2D eigenvalue weighted by atomic mass is 9.79. The van der Waals surface area contributed by atoms with E-state index in [2.05, 4.69) is 55.7 Å². The minimum atomic E-state index is -0.304. The molecule has 2 aliphatic rings. The molecule has 0 N–H and O–H groups in total. The first-order valence-corrected chi connectivity index (χ1v) is 7.70. The first-order valence-electron chi connectivity index (χ1n) is 7.70. The van der Waals surface area contributed by atoms with Gasteiger partial charge in [-0.15, -0.1) is 0 Å². The highest BCUT2D eigenvalue weighted by atomic mass is 16.7. The van der Waals surface area contributed by atoms with Crippen LogP contribution in [0.15, 0.2) is 24.4 Å². The summed E-state index contributed by atoms with van der Waals surface area (Å²) >= 11 is 0. The molecule has 0 unspecified atom stereocenters. The van der Waals surface area contributed by atoms with Gasteiger partial charge in [0.05, 0.1) is 29.0 Å². The van der Waals surface area contributed by atoms with Gasteiger partial charge in [0.1, 0.15) is 0 Å². The molecule has 0 amide bonds. The van der Waals surface area contributed by atoms with E-state index >= 15 is 0 Å². The average molecular weight is 284 g/mol. The Morgan fingerprint density at radius 3 is 2.43 bits per heavy atom. The van der Waals surface area contributed by atoms with Crippen LogP contribution < -0.4 is 5.46 Å². The second-order valence-corrected chi connectivity index (χ2v) is 7.23. The van der Waals surface area contributed by atoms with Gasteiger partial charge < -0.3 is 9.31 Å². The fraction of sp³-hybridized carbons (Fsp3) is 0.562. The summed E-state index contributed by atoms with van der Waals surface area (Å²) in [6.07, 6.45) is 4.41. The summed E-state index contributed by atoms with van der Waals surface area (Å²) in [5.41, 5.74) is 1.65. The van der Waals surface area contributed by atoms with Crippen molar-refractivity contribution in [2.45, 2.75) is 57.8 Å². The maximum atomic E-state index is 6.14. The van der Waals surface area contributed by atoms with Gasteiger partial charge in [-0.2, -0.15) is 5.10 Å². The van der Waals surface area contributed by atoms with Crippen molar-refractivity contribution >= 4 is 23.5 Å². The molecule has 1 aliphatic heterocycles. The van der Waals surface area contributed by atoms with Crippen LogP contribution >= 0.6 is 0 Å². The number of benzene rings is 1. The molecule has 2 aromatic rings. The van der Waals surface area contributed by atoms with Crippen LogP contribution in [-0.4, -0.2) is 28.1 Å². The van der Waals surface area contributed by atoms with Crippen LogP contribution in [0.2, 0.25) is 0 Å². The second-order valence-electron chi connectivity index (χ2n) is 7.23. The van der Waals surface area contributed by atoms with Gasteiger partial charge >= 0.3 is 7.12 Å². The predicted molar refractivity (Wildman–Crippen MR) is 83.7 cm³/mol. The Morgan fingerprint density at radius 1 is 1.14 bits per heavy atom. The van der Waals surface area contributed by atoms with E-state index in [0.29, 0.717) is 6.04 Å². The molecule has 1 aromatic carbocycles. The highest BCUT2D eigenvalue weighted by Gasteiger charge is 2.51. The molecule has 1 saturated carbocycles. The highest BCUT2D eigenvalue weighted by Crippen LogP contribution is 2.38. The number of hydrogen-bond acceptors (Lipinski definition) is 3. The van der Waals surface area contributed by atoms with Crippen LogP contribution in [-0.2, 0) is 9.31 Å². The van der Waals surface area contributed by atoms with Crippen LogP contribution in [0.5, 0.6) is 0 Å². The molecule has 1 aromatic heterocycles. The molecule has 0 bridgehead atoms. The van der Waals surface area contributed by atoms with Crippen molar-refractivity contribution in [3.05, 3.63) is 24.4 Å². The van der Waals surface area contributed by atoms with Crippen LogP contribution in [0.1, 0.15) is 46.6 Å². The summed E-state index contributed by atoms with van der Waals surface area (Å²) in [5, 5.41) is 5.70. The Morgan fingerprint density at radius 2 is 1.81 bits per heavy atom. The molecule has 21 heavy (non-hydrogen) atoms. The molecule has 5 heteroatoms. The molecular formula is C16H21BN2O2. The molecule has 4 rings (SSSR count). The second kappa shape index (κ2) is 4.11. The minimum Gasteiger partial charge on any atom is -0.399 e. The lowest BCUT2D eigenvalue weighted by molar-refractivity contribution is 0.00578. The third-order valence-electron chi connectivity index (χ3n) is 5.04. The maximum absolute atomic E-state index is 6.14. The lowest BCUT2D eigenvalue weighted by Crippen LogP contribution is -2.41. The fourth-order valence-corrected chi connectivity index (χ4v) is 2.79. The summed E-state index contributed by atoms with van der Waals surface area (Å²) in [4.78, 5) is 0. The minimum absolute atomic E-state index is 0.302. The van der Waals surface area contributed by atoms with E-state index in [0.717, 1.165) is 5.46 Å². The van der Waals surface area contributed by atoms with Crippen LogP contribution in [0, 0.1) is 0 Å². The molecular weight excluding hydrogens is 263 g/mol. The van der Waals surface area contributed by atoms with Crippen molar-refractivity contribution in [1.29, 1.82) is 0 Å². The van der Waals surface area contributed by atoms with Crippen molar-refractivity contribution in [1.82, 2.24) is 9.78 Å². The highest BCUT2D eigenvalue weighted by molar-refractivity contribution is 6.62. The average Bonchev–Trinajstić information content (AvgIpc) is 3.11. The topological polar surface area (TPSA) is 36.3 Å². The van der Waals surface area contributed by atoms with Crippen LogP contribution in [0.25, 0.3) is 10.9 Å². The van der Waals surface area contributed by atoms with Crippen LogP contribution in [0.4, 0.5) is 0 Å².